The molecule has 1 heterocycles. The van der Waals surface area contributed by atoms with E-state index in [4.69, 9.17) is 15.6 Å². The quantitative estimate of drug-likeness (QED) is 0.656. The number of nitrogens with one attached hydrogen (secondary N) is 1. The van der Waals surface area contributed by atoms with Gasteiger partial charge in [0, 0.05) is 11.3 Å². The largest absolute Gasteiger partial charge is 0.464 e. The molecule has 1 rings (SSSR count). The van der Waals surface area contributed by atoms with Gasteiger partial charge in [0.1, 0.15) is 5.76 Å². The van der Waals surface area contributed by atoms with Gasteiger partial charge in [0.15, 0.2) is 0 Å². The van der Waals surface area contributed by atoms with Gasteiger partial charge in [-0.25, -0.2) is 0 Å². The van der Waals surface area contributed by atoms with E-state index in [1.165, 1.54) is 6.20 Å². The summed E-state index contributed by atoms with van der Waals surface area (Å²) in [5.74, 6) is 0.655. The van der Waals surface area contributed by atoms with Crippen molar-refractivity contribution in [3.05, 3.63) is 29.4 Å². The van der Waals surface area contributed by atoms with Crippen LogP contribution in [0.3, 0.4) is 0 Å². The fourth-order valence-corrected chi connectivity index (χ4v) is 1.15. The molecular formula is C9H12N2O. The van der Waals surface area contributed by atoms with Crippen LogP contribution in [0.15, 0.2) is 16.9 Å². The van der Waals surface area contributed by atoms with Gasteiger partial charge in [-0.15, -0.1) is 0 Å². The molecule has 0 aromatic carbocycles. The van der Waals surface area contributed by atoms with Crippen molar-refractivity contribution >= 4 is 11.8 Å². The Kier molecular flexibility index (Phi) is 2.33. The molecule has 0 fully saturated rings. The summed E-state index contributed by atoms with van der Waals surface area (Å²) in [4.78, 5) is 0. The first-order valence-electron chi connectivity index (χ1n) is 3.68. The molecule has 0 aliphatic carbocycles. The minimum Gasteiger partial charge on any atom is -0.464 e. The molecule has 3 nitrogen and oxygen atoms in total. The van der Waals surface area contributed by atoms with Gasteiger partial charge in [-0.1, -0.05) is 0 Å². The van der Waals surface area contributed by atoms with Crippen LogP contribution >= 0.6 is 0 Å². The number of aryl methyl sites for hydroxylation is 1. The standard InChI is InChI=1S/C9H12N2O/c1-6-5-12-8(3-4-10)9(6)7(2)11/h3-5,11H,10H2,1-2H3. The first kappa shape index (κ1) is 8.59. The molecule has 12 heavy (non-hydrogen) atoms. The lowest BCUT2D eigenvalue weighted by molar-refractivity contribution is 0.554. The molecule has 0 unspecified atom stereocenters. The maximum atomic E-state index is 7.48. The lowest BCUT2D eigenvalue weighted by atomic mass is 10.1. The highest BCUT2D eigenvalue weighted by Gasteiger charge is 2.09. The molecule has 0 aliphatic rings. The molecule has 0 saturated carbocycles. The summed E-state index contributed by atoms with van der Waals surface area (Å²) in [5.41, 5.74) is 7.52. The van der Waals surface area contributed by atoms with Gasteiger partial charge in [0.25, 0.3) is 0 Å². The van der Waals surface area contributed by atoms with Crippen molar-refractivity contribution < 1.29 is 4.42 Å². The molecule has 0 saturated heterocycles. The second-order valence-corrected chi connectivity index (χ2v) is 2.64. The van der Waals surface area contributed by atoms with E-state index >= 15 is 0 Å². The fourth-order valence-electron chi connectivity index (χ4n) is 1.15. The molecule has 0 amide bonds. The van der Waals surface area contributed by atoms with E-state index in [0.717, 1.165) is 11.1 Å². The van der Waals surface area contributed by atoms with Crippen LogP contribution in [0, 0.1) is 12.3 Å². The summed E-state index contributed by atoms with van der Waals surface area (Å²) in [6.07, 6.45) is 4.69. The molecule has 0 spiro atoms. The molecule has 1 aromatic rings. The third-order valence-corrected chi connectivity index (χ3v) is 1.63. The summed E-state index contributed by atoms with van der Waals surface area (Å²) in [5, 5.41) is 7.48. The highest BCUT2D eigenvalue weighted by molar-refractivity contribution is 6.00. The van der Waals surface area contributed by atoms with Gasteiger partial charge in [0.2, 0.25) is 0 Å². The van der Waals surface area contributed by atoms with Crippen molar-refractivity contribution in [3.63, 3.8) is 0 Å². The number of hydrogen-bond acceptors (Lipinski definition) is 3. The molecule has 0 radical (unpaired) electrons. The number of furan rings is 1. The lowest BCUT2D eigenvalue weighted by Gasteiger charge is -1.95. The van der Waals surface area contributed by atoms with Gasteiger partial charge in [-0.3, -0.25) is 0 Å². The molecule has 3 heteroatoms. The predicted molar refractivity (Wildman–Crippen MR) is 49.2 cm³/mol. The number of nitrogens with two attached hydrogens (primary N) is 1. The highest BCUT2D eigenvalue weighted by atomic mass is 16.3. The third kappa shape index (κ3) is 1.39. The van der Waals surface area contributed by atoms with Crippen LogP contribution in [0.25, 0.3) is 6.08 Å². The minimum absolute atomic E-state index is 0.495. The maximum Gasteiger partial charge on any atom is 0.137 e. The van der Waals surface area contributed by atoms with Gasteiger partial charge in [-0.2, -0.15) is 0 Å². The Morgan fingerprint density at radius 1 is 1.67 bits per heavy atom. The van der Waals surface area contributed by atoms with E-state index < -0.39 is 0 Å². The lowest BCUT2D eigenvalue weighted by Crippen LogP contribution is -1.94. The van der Waals surface area contributed by atoms with Crippen LogP contribution in [-0.4, -0.2) is 5.71 Å². The fraction of sp³-hybridized carbons (Fsp3) is 0.222. The average molecular weight is 164 g/mol. The van der Waals surface area contributed by atoms with Crippen LogP contribution in [0.4, 0.5) is 0 Å². The Balaban J connectivity index is 3.21. The molecule has 3 N–H and O–H groups in total. The van der Waals surface area contributed by atoms with E-state index in [2.05, 4.69) is 0 Å². The van der Waals surface area contributed by atoms with E-state index in [9.17, 15) is 0 Å². The normalized spacial score (nSPS) is 10.8. The summed E-state index contributed by atoms with van der Waals surface area (Å²) in [6, 6.07) is 0. The Labute approximate surface area is 71.4 Å². The van der Waals surface area contributed by atoms with E-state index in [0.29, 0.717) is 11.5 Å². The Morgan fingerprint density at radius 2 is 2.33 bits per heavy atom. The van der Waals surface area contributed by atoms with Crippen LogP contribution in [0.2, 0.25) is 0 Å². The summed E-state index contributed by atoms with van der Waals surface area (Å²) < 4.78 is 5.19. The third-order valence-electron chi connectivity index (χ3n) is 1.63. The molecular weight excluding hydrogens is 152 g/mol. The van der Waals surface area contributed by atoms with Crippen molar-refractivity contribution in [2.75, 3.05) is 0 Å². The number of rotatable bonds is 2. The van der Waals surface area contributed by atoms with E-state index in [-0.39, 0.29) is 0 Å². The van der Waals surface area contributed by atoms with Crippen molar-refractivity contribution in [1.29, 1.82) is 5.41 Å². The van der Waals surface area contributed by atoms with Gasteiger partial charge >= 0.3 is 0 Å². The Hall–Kier alpha value is -1.51. The zero-order valence-electron chi connectivity index (χ0n) is 7.22. The second kappa shape index (κ2) is 3.26. The Bertz CT molecular complexity index is 323. The second-order valence-electron chi connectivity index (χ2n) is 2.64. The van der Waals surface area contributed by atoms with Crippen LogP contribution < -0.4 is 5.73 Å². The smallest absolute Gasteiger partial charge is 0.137 e. The van der Waals surface area contributed by atoms with Crippen molar-refractivity contribution in [2.45, 2.75) is 13.8 Å². The first-order chi connectivity index (χ1) is 5.66. The van der Waals surface area contributed by atoms with Crippen LogP contribution in [-0.2, 0) is 0 Å². The molecule has 1 aromatic heterocycles. The topological polar surface area (TPSA) is 63.0 Å². The zero-order valence-corrected chi connectivity index (χ0v) is 7.22. The highest BCUT2D eigenvalue weighted by Crippen LogP contribution is 2.17. The zero-order chi connectivity index (χ0) is 9.14. The van der Waals surface area contributed by atoms with Gasteiger partial charge in [-0.05, 0) is 31.7 Å². The maximum absolute atomic E-state index is 7.48. The van der Waals surface area contributed by atoms with Crippen LogP contribution in [0.1, 0.15) is 23.8 Å². The van der Waals surface area contributed by atoms with Crippen molar-refractivity contribution in [1.82, 2.24) is 0 Å². The summed E-state index contributed by atoms with van der Waals surface area (Å²) >= 11 is 0. The minimum atomic E-state index is 0.495. The molecule has 0 aliphatic heterocycles. The van der Waals surface area contributed by atoms with Gasteiger partial charge in [0.05, 0.1) is 6.26 Å². The molecule has 0 bridgehead atoms. The average Bonchev–Trinajstić information content (AvgIpc) is 2.32. The number of hydrogen-bond donors (Lipinski definition) is 2. The predicted octanol–water partition coefficient (Wildman–Crippen LogP) is 1.91. The first-order valence-corrected chi connectivity index (χ1v) is 3.68. The van der Waals surface area contributed by atoms with Gasteiger partial charge < -0.3 is 15.6 Å². The summed E-state index contributed by atoms with van der Waals surface area (Å²) in [6.45, 7) is 3.64. The Morgan fingerprint density at radius 3 is 2.83 bits per heavy atom. The van der Waals surface area contributed by atoms with Crippen molar-refractivity contribution in [2.24, 2.45) is 5.73 Å². The SMILES string of the molecule is CC(=N)c1c(C)coc1C=CN. The van der Waals surface area contributed by atoms with E-state index in [1.54, 1.807) is 19.3 Å². The van der Waals surface area contributed by atoms with Crippen LogP contribution in [0.5, 0.6) is 0 Å². The summed E-state index contributed by atoms with van der Waals surface area (Å²) in [7, 11) is 0. The molecule has 64 valence electrons. The molecule has 0 atom stereocenters. The van der Waals surface area contributed by atoms with E-state index in [1.807, 2.05) is 6.92 Å². The monoisotopic (exact) mass is 164 g/mol. The van der Waals surface area contributed by atoms with Crippen molar-refractivity contribution in [3.8, 4) is 0 Å².